The Kier molecular flexibility index (Phi) is 8.77. The first-order valence-corrected chi connectivity index (χ1v) is 23.5. The molecular weight excluding hydrogens is 898 g/mol. The van der Waals surface area contributed by atoms with Crippen LogP contribution >= 0.6 is 0 Å². The molecule has 0 aliphatic rings. The average molecular weight is 933 g/mol. The Bertz CT molecular complexity index is 4610. The third-order valence-electron chi connectivity index (χ3n) is 14.4. The van der Waals surface area contributed by atoms with Crippen LogP contribution in [0.2, 0.25) is 0 Å². The lowest BCUT2D eigenvalue weighted by Gasteiger charge is -2.20. The van der Waals surface area contributed by atoms with E-state index in [-0.39, 0.29) is 11.1 Å². The van der Waals surface area contributed by atoms with Crippen molar-refractivity contribution in [2.75, 3.05) is 0 Å². The molecule has 0 radical (unpaired) electrons. The molecule has 14 rings (SSSR count). The van der Waals surface area contributed by atoms with Crippen molar-refractivity contribution in [1.29, 1.82) is 10.5 Å². The average Bonchev–Trinajstić information content (AvgIpc) is 4.14. The van der Waals surface area contributed by atoms with Crippen molar-refractivity contribution >= 4 is 87.2 Å². The van der Waals surface area contributed by atoms with Gasteiger partial charge in [0.25, 0.3) is 0 Å². The summed E-state index contributed by atoms with van der Waals surface area (Å²) >= 11 is 0. The number of fused-ring (bicyclic) bond motifs is 12. The van der Waals surface area contributed by atoms with E-state index in [4.69, 9.17) is 0 Å². The highest BCUT2D eigenvalue weighted by Gasteiger charge is 2.32. The predicted molar refractivity (Wildman–Crippen MR) is 284 cm³/mol. The van der Waals surface area contributed by atoms with Gasteiger partial charge in [0.2, 0.25) is 0 Å². The summed E-state index contributed by atoms with van der Waals surface area (Å²) in [5, 5.41) is 29.9. The maximum absolute atomic E-state index is 14.9. The quantitative estimate of drug-likeness (QED) is 0.173. The number of hydrogen-bond donors (Lipinski definition) is 0. The highest BCUT2D eigenvalue weighted by atomic mass is 19.4. The van der Waals surface area contributed by atoms with Crippen molar-refractivity contribution in [1.82, 2.24) is 18.3 Å². The molecule has 10 aromatic carbocycles. The highest BCUT2D eigenvalue weighted by Crippen LogP contribution is 2.44. The molecule has 0 spiro atoms. The highest BCUT2D eigenvalue weighted by molar-refractivity contribution is 6.14. The Morgan fingerprint density at radius 2 is 0.708 bits per heavy atom. The van der Waals surface area contributed by atoms with Gasteiger partial charge in [-0.05, 0) is 96.6 Å². The second-order valence-electron chi connectivity index (χ2n) is 18.3. The largest absolute Gasteiger partial charge is 0.416 e. The van der Waals surface area contributed by atoms with E-state index in [9.17, 15) is 23.7 Å². The van der Waals surface area contributed by atoms with Crippen LogP contribution in [-0.2, 0) is 6.18 Å². The molecule has 6 nitrogen and oxygen atoms in total. The summed E-state index contributed by atoms with van der Waals surface area (Å²) in [4.78, 5) is 0. The molecule has 0 atom stereocenters. The van der Waals surface area contributed by atoms with Crippen LogP contribution in [0, 0.1) is 22.7 Å². The fraction of sp³-hybridized carbons (Fsp3) is 0.0159. The lowest BCUT2D eigenvalue weighted by molar-refractivity contribution is -0.137. The molecule has 0 aliphatic heterocycles. The van der Waals surface area contributed by atoms with Crippen LogP contribution in [-0.4, -0.2) is 18.3 Å². The van der Waals surface area contributed by atoms with Gasteiger partial charge in [0.05, 0.1) is 78.3 Å². The molecule has 0 amide bonds. The van der Waals surface area contributed by atoms with E-state index in [0.717, 1.165) is 111 Å². The Morgan fingerprint density at radius 3 is 1.10 bits per heavy atom. The van der Waals surface area contributed by atoms with Gasteiger partial charge in [-0.1, -0.05) is 121 Å². The molecule has 0 N–H and O–H groups in total. The van der Waals surface area contributed by atoms with E-state index in [0.29, 0.717) is 22.5 Å². The minimum Gasteiger partial charge on any atom is -0.309 e. The van der Waals surface area contributed by atoms with Crippen LogP contribution in [0.25, 0.3) is 121 Å². The summed E-state index contributed by atoms with van der Waals surface area (Å²) in [6.45, 7) is 0. The molecule has 338 valence electrons. The number of para-hydroxylation sites is 6. The minimum atomic E-state index is -4.75. The lowest BCUT2D eigenvalue weighted by Crippen LogP contribution is -2.07. The second kappa shape index (κ2) is 15.3. The van der Waals surface area contributed by atoms with Crippen molar-refractivity contribution in [3.63, 3.8) is 0 Å². The van der Waals surface area contributed by atoms with E-state index in [1.807, 2.05) is 103 Å². The number of nitrogens with zero attached hydrogens (tertiary/aromatic N) is 6. The maximum atomic E-state index is 14.9. The van der Waals surface area contributed by atoms with Gasteiger partial charge in [-0.25, -0.2) is 0 Å². The zero-order valence-corrected chi connectivity index (χ0v) is 38.0. The first kappa shape index (κ1) is 41.2. The van der Waals surface area contributed by atoms with Gasteiger partial charge < -0.3 is 18.3 Å². The van der Waals surface area contributed by atoms with Gasteiger partial charge >= 0.3 is 6.18 Å². The molecule has 0 bridgehead atoms. The Balaban J connectivity index is 1.09. The maximum Gasteiger partial charge on any atom is 0.416 e. The van der Waals surface area contributed by atoms with E-state index < -0.39 is 11.7 Å². The van der Waals surface area contributed by atoms with E-state index in [1.54, 1.807) is 6.07 Å². The number of halogens is 3. The molecule has 0 aliphatic carbocycles. The normalized spacial score (nSPS) is 12.1. The Labute approximate surface area is 408 Å². The van der Waals surface area contributed by atoms with E-state index in [2.05, 4.69) is 115 Å². The monoisotopic (exact) mass is 932 g/mol. The van der Waals surface area contributed by atoms with Crippen LogP contribution in [0.4, 0.5) is 13.2 Å². The van der Waals surface area contributed by atoms with E-state index >= 15 is 0 Å². The summed E-state index contributed by atoms with van der Waals surface area (Å²) < 4.78 is 53.4. The second-order valence-corrected chi connectivity index (χ2v) is 18.3. The minimum absolute atomic E-state index is 0.139. The van der Waals surface area contributed by atoms with Gasteiger partial charge in [0, 0.05) is 60.0 Å². The standard InChI is InChI=1S/C63H35F3N6/c64-63(65,66)41-30-38(36-67)29-39(31-41)52-35-59(71-57-23-11-5-17-48(57)50-27-25-42(33-61(50)71)69-53-19-7-1-13-44(53)45-14-2-8-20-54(45)69)40(37-68)32-60(52)72-58-24-12-6-18-49(58)51-28-26-43(34-62(51)72)70-55-21-9-3-15-46(55)47-16-4-10-22-56(47)70/h1-35H. The molecule has 0 saturated heterocycles. The lowest BCUT2D eigenvalue weighted by atomic mass is 9.95. The molecule has 0 fully saturated rings. The fourth-order valence-corrected chi connectivity index (χ4v) is 11.4. The zero-order valence-electron chi connectivity index (χ0n) is 38.0. The molecular formula is C63H35F3N6. The van der Waals surface area contributed by atoms with Crippen LogP contribution in [0.1, 0.15) is 16.7 Å². The molecule has 9 heteroatoms. The number of aromatic nitrogens is 4. The fourth-order valence-electron chi connectivity index (χ4n) is 11.4. The molecule has 4 aromatic heterocycles. The van der Waals surface area contributed by atoms with Crippen molar-refractivity contribution in [3.05, 3.63) is 229 Å². The first-order valence-electron chi connectivity index (χ1n) is 23.5. The third-order valence-corrected chi connectivity index (χ3v) is 14.4. The summed E-state index contributed by atoms with van der Waals surface area (Å²) in [6.07, 6.45) is -4.75. The smallest absolute Gasteiger partial charge is 0.309 e. The number of benzene rings is 10. The Morgan fingerprint density at radius 1 is 0.333 bits per heavy atom. The summed E-state index contributed by atoms with van der Waals surface area (Å²) in [5.74, 6) is 0. The van der Waals surface area contributed by atoms with E-state index in [1.165, 1.54) is 6.07 Å². The molecule has 72 heavy (non-hydrogen) atoms. The van der Waals surface area contributed by atoms with Crippen LogP contribution < -0.4 is 0 Å². The summed E-state index contributed by atoms with van der Waals surface area (Å²) in [7, 11) is 0. The van der Waals surface area contributed by atoms with Gasteiger partial charge in [-0.15, -0.1) is 0 Å². The molecule has 14 aromatic rings. The predicted octanol–water partition coefficient (Wildman–Crippen LogP) is 16.5. The molecule has 0 saturated carbocycles. The third kappa shape index (κ3) is 5.95. The topological polar surface area (TPSA) is 67.3 Å². The summed E-state index contributed by atoms with van der Waals surface area (Å²) in [5.41, 5.74) is 9.88. The zero-order chi connectivity index (χ0) is 48.4. The van der Waals surface area contributed by atoms with Crippen LogP contribution in [0.3, 0.4) is 0 Å². The van der Waals surface area contributed by atoms with Gasteiger partial charge in [-0.2, -0.15) is 23.7 Å². The van der Waals surface area contributed by atoms with Gasteiger partial charge in [0.1, 0.15) is 6.07 Å². The SMILES string of the molecule is N#Cc1cc(-c2cc(-n3c4ccccc4c4ccc(-n5c6ccccc6c6ccccc65)cc43)c(C#N)cc2-n2c3ccccc3c3ccc(-n4c5ccccc5c5ccccc54)cc32)cc(C(F)(F)F)c1. The number of alkyl halides is 3. The van der Waals surface area contributed by atoms with Crippen LogP contribution in [0.5, 0.6) is 0 Å². The number of rotatable bonds is 5. The van der Waals surface area contributed by atoms with Crippen molar-refractivity contribution in [2.45, 2.75) is 6.18 Å². The summed E-state index contributed by atoms with van der Waals surface area (Å²) in [6, 6.07) is 73.4. The number of hydrogen-bond acceptors (Lipinski definition) is 2. The number of nitriles is 2. The van der Waals surface area contributed by atoms with Crippen molar-refractivity contribution in [2.24, 2.45) is 0 Å². The first-order chi connectivity index (χ1) is 35.3. The van der Waals surface area contributed by atoms with Crippen molar-refractivity contribution < 1.29 is 13.2 Å². The van der Waals surface area contributed by atoms with Crippen LogP contribution in [0.15, 0.2) is 212 Å². The van der Waals surface area contributed by atoms with Gasteiger partial charge in [-0.3, -0.25) is 0 Å². The van der Waals surface area contributed by atoms with Crippen molar-refractivity contribution in [3.8, 4) is 46.0 Å². The molecule has 4 heterocycles. The Hall–Kier alpha value is -9.83. The van der Waals surface area contributed by atoms with Gasteiger partial charge in [0.15, 0.2) is 0 Å². The molecule has 0 unspecified atom stereocenters.